The molecule has 1 fully saturated rings. The Morgan fingerprint density at radius 1 is 1.08 bits per heavy atom. The van der Waals surface area contributed by atoms with Crippen LogP contribution in [0.3, 0.4) is 0 Å². The molecule has 0 atom stereocenters. The van der Waals surface area contributed by atoms with Crippen LogP contribution in [-0.2, 0) is 5.75 Å². The minimum Gasteiger partial charge on any atom is -0.317 e. The number of hydrogen-bond donors (Lipinski definition) is 1. The Bertz CT molecular complexity index is 404. The summed E-state index contributed by atoms with van der Waals surface area (Å²) in [6.45, 7) is 8.47. The normalized spacial score (nSPS) is 15.4. The van der Waals surface area contributed by atoms with Crippen LogP contribution in [0.1, 0.15) is 51.0 Å². The molecule has 0 saturated heterocycles. The fraction of sp³-hybridized carbons (Fsp3) is 0.714. The van der Waals surface area contributed by atoms with Gasteiger partial charge in [0.05, 0.1) is 0 Å². The van der Waals surface area contributed by atoms with E-state index in [-0.39, 0.29) is 0 Å². The summed E-state index contributed by atoms with van der Waals surface area (Å²) in [4.78, 5) is 2.66. The Morgan fingerprint density at radius 2 is 1.83 bits per heavy atom. The summed E-state index contributed by atoms with van der Waals surface area (Å²) in [6, 6.07) is 10.8. The predicted octanol–water partition coefficient (Wildman–Crippen LogP) is 4.80. The van der Waals surface area contributed by atoms with Crippen LogP contribution in [-0.4, -0.2) is 43.4 Å². The van der Waals surface area contributed by atoms with Gasteiger partial charge in [0.2, 0.25) is 0 Å². The first-order valence-corrected chi connectivity index (χ1v) is 11.1. The van der Waals surface area contributed by atoms with Gasteiger partial charge in [-0.25, -0.2) is 0 Å². The minimum atomic E-state index is 0.986. The van der Waals surface area contributed by atoms with Crippen molar-refractivity contribution in [3.05, 3.63) is 35.9 Å². The van der Waals surface area contributed by atoms with Gasteiger partial charge in [-0.2, -0.15) is 11.8 Å². The second kappa shape index (κ2) is 12.8. The van der Waals surface area contributed by atoms with Gasteiger partial charge in [0.15, 0.2) is 0 Å². The summed E-state index contributed by atoms with van der Waals surface area (Å²) in [7, 11) is 0. The molecule has 0 unspecified atom stereocenters. The number of nitrogens with zero attached hydrogens (tertiary/aromatic N) is 1. The Balaban J connectivity index is 1.39. The molecule has 0 radical (unpaired) electrons. The zero-order valence-corrected chi connectivity index (χ0v) is 16.3. The summed E-state index contributed by atoms with van der Waals surface area (Å²) in [5.41, 5.74) is 1.44. The largest absolute Gasteiger partial charge is 0.317 e. The van der Waals surface area contributed by atoms with Crippen molar-refractivity contribution in [1.82, 2.24) is 10.2 Å². The summed E-state index contributed by atoms with van der Waals surface area (Å²) in [6.07, 6.45) is 8.43. The molecule has 0 aromatic heterocycles. The lowest BCUT2D eigenvalue weighted by Crippen LogP contribution is -2.31. The van der Waals surface area contributed by atoms with Crippen molar-refractivity contribution in [2.24, 2.45) is 5.92 Å². The van der Waals surface area contributed by atoms with Crippen molar-refractivity contribution in [2.45, 2.75) is 51.2 Å². The second-order valence-corrected chi connectivity index (χ2v) is 8.14. The second-order valence-electron chi connectivity index (χ2n) is 7.04. The third kappa shape index (κ3) is 8.55. The van der Waals surface area contributed by atoms with Gasteiger partial charge in [-0.05, 0) is 69.1 Å². The summed E-state index contributed by atoms with van der Waals surface area (Å²) in [5, 5.41) is 3.62. The molecule has 1 aliphatic carbocycles. The van der Waals surface area contributed by atoms with E-state index < -0.39 is 0 Å². The third-order valence-electron chi connectivity index (χ3n) is 5.02. The standard InChI is InChI=1S/C21H36N2S/c1-2-23(18-20-10-6-7-11-20)16-8-14-22-15-9-17-24-19-21-12-4-3-5-13-21/h3-5,12-13,20,22H,2,6-11,14-19H2,1H3. The molecule has 1 aromatic carbocycles. The Hall–Kier alpha value is -0.510. The quantitative estimate of drug-likeness (QED) is 0.515. The van der Waals surface area contributed by atoms with E-state index in [1.807, 2.05) is 11.8 Å². The molecule has 1 aliphatic rings. The van der Waals surface area contributed by atoms with Crippen LogP contribution in [0, 0.1) is 5.92 Å². The molecule has 2 rings (SSSR count). The molecule has 1 N–H and O–H groups in total. The number of nitrogens with one attached hydrogen (secondary N) is 1. The van der Waals surface area contributed by atoms with Gasteiger partial charge in [-0.1, -0.05) is 50.1 Å². The van der Waals surface area contributed by atoms with E-state index in [4.69, 9.17) is 0 Å². The highest BCUT2D eigenvalue weighted by molar-refractivity contribution is 7.98. The van der Waals surface area contributed by atoms with Gasteiger partial charge in [0.25, 0.3) is 0 Å². The smallest absolute Gasteiger partial charge is 0.0184 e. The zero-order chi connectivity index (χ0) is 16.9. The fourth-order valence-electron chi connectivity index (χ4n) is 3.55. The molecule has 0 bridgehead atoms. The molecule has 0 amide bonds. The number of thioether (sulfide) groups is 1. The summed E-state index contributed by atoms with van der Waals surface area (Å²) < 4.78 is 0. The minimum absolute atomic E-state index is 0.986. The average Bonchev–Trinajstić information content (AvgIpc) is 3.13. The van der Waals surface area contributed by atoms with E-state index in [2.05, 4.69) is 47.5 Å². The van der Waals surface area contributed by atoms with Crippen molar-refractivity contribution < 1.29 is 0 Å². The van der Waals surface area contributed by atoms with Crippen molar-refractivity contribution >= 4 is 11.8 Å². The molecular weight excluding hydrogens is 312 g/mol. The van der Waals surface area contributed by atoms with Crippen LogP contribution < -0.4 is 5.32 Å². The van der Waals surface area contributed by atoms with Crippen molar-refractivity contribution in [3.8, 4) is 0 Å². The monoisotopic (exact) mass is 348 g/mol. The van der Waals surface area contributed by atoms with Gasteiger partial charge in [-0.3, -0.25) is 0 Å². The molecule has 24 heavy (non-hydrogen) atoms. The Labute approximate surface area is 153 Å². The van der Waals surface area contributed by atoms with E-state index in [9.17, 15) is 0 Å². The predicted molar refractivity (Wildman–Crippen MR) is 109 cm³/mol. The van der Waals surface area contributed by atoms with E-state index in [1.165, 1.54) is 76.0 Å². The Morgan fingerprint density at radius 3 is 2.58 bits per heavy atom. The van der Waals surface area contributed by atoms with Crippen LogP contribution in [0.25, 0.3) is 0 Å². The highest BCUT2D eigenvalue weighted by Gasteiger charge is 2.17. The highest BCUT2D eigenvalue weighted by atomic mass is 32.2. The lowest BCUT2D eigenvalue weighted by molar-refractivity contribution is 0.239. The van der Waals surface area contributed by atoms with E-state index in [0.29, 0.717) is 0 Å². The molecule has 3 heteroatoms. The molecular formula is C21H36N2S. The first-order valence-electron chi connectivity index (χ1n) is 9.93. The number of rotatable bonds is 13. The number of benzene rings is 1. The molecule has 0 heterocycles. The molecule has 1 aromatic rings. The van der Waals surface area contributed by atoms with Crippen LogP contribution in [0.2, 0.25) is 0 Å². The molecule has 1 saturated carbocycles. The topological polar surface area (TPSA) is 15.3 Å². The molecule has 136 valence electrons. The van der Waals surface area contributed by atoms with Crippen molar-refractivity contribution in [3.63, 3.8) is 0 Å². The van der Waals surface area contributed by atoms with Crippen LogP contribution >= 0.6 is 11.8 Å². The van der Waals surface area contributed by atoms with Gasteiger partial charge < -0.3 is 10.2 Å². The van der Waals surface area contributed by atoms with Gasteiger partial charge in [-0.15, -0.1) is 0 Å². The first kappa shape index (κ1) is 19.8. The molecule has 2 nitrogen and oxygen atoms in total. The summed E-state index contributed by atoms with van der Waals surface area (Å²) in [5.74, 6) is 3.39. The lowest BCUT2D eigenvalue weighted by atomic mass is 10.1. The highest BCUT2D eigenvalue weighted by Crippen LogP contribution is 2.25. The molecule has 0 aliphatic heterocycles. The molecule has 0 spiro atoms. The van der Waals surface area contributed by atoms with Crippen LogP contribution in [0.5, 0.6) is 0 Å². The maximum Gasteiger partial charge on any atom is 0.0184 e. The van der Waals surface area contributed by atoms with E-state index >= 15 is 0 Å². The zero-order valence-electron chi connectivity index (χ0n) is 15.5. The Kier molecular flexibility index (Phi) is 10.6. The lowest BCUT2D eigenvalue weighted by Gasteiger charge is -2.24. The van der Waals surface area contributed by atoms with Crippen molar-refractivity contribution in [1.29, 1.82) is 0 Å². The average molecular weight is 349 g/mol. The maximum absolute atomic E-state index is 3.62. The fourth-order valence-corrected chi connectivity index (χ4v) is 4.47. The van der Waals surface area contributed by atoms with E-state index in [1.54, 1.807) is 0 Å². The van der Waals surface area contributed by atoms with Gasteiger partial charge in [0, 0.05) is 12.3 Å². The van der Waals surface area contributed by atoms with E-state index in [0.717, 1.165) is 18.2 Å². The van der Waals surface area contributed by atoms with Crippen molar-refractivity contribution in [2.75, 3.05) is 38.5 Å². The maximum atomic E-state index is 3.62. The first-order chi connectivity index (χ1) is 11.9. The van der Waals surface area contributed by atoms with Crippen LogP contribution in [0.4, 0.5) is 0 Å². The van der Waals surface area contributed by atoms with Gasteiger partial charge in [0.1, 0.15) is 0 Å². The summed E-state index contributed by atoms with van der Waals surface area (Å²) >= 11 is 2.05. The SMILES string of the molecule is CCN(CCCNCCCSCc1ccccc1)CC1CCCC1. The van der Waals surface area contributed by atoms with Gasteiger partial charge >= 0.3 is 0 Å². The number of hydrogen-bond acceptors (Lipinski definition) is 3. The van der Waals surface area contributed by atoms with Crippen LogP contribution in [0.15, 0.2) is 30.3 Å². The third-order valence-corrected chi connectivity index (χ3v) is 6.13.